The van der Waals surface area contributed by atoms with Crippen LogP contribution in [0.5, 0.6) is 0 Å². The van der Waals surface area contributed by atoms with Crippen molar-refractivity contribution in [3.05, 3.63) is 52.8 Å². The molecule has 1 aliphatic rings. The topological polar surface area (TPSA) is 45.2 Å². The molecule has 1 fully saturated rings. The third-order valence-corrected chi connectivity index (χ3v) is 5.06. The van der Waals surface area contributed by atoms with Crippen LogP contribution in [0.3, 0.4) is 0 Å². The van der Waals surface area contributed by atoms with Gasteiger partial charge in [-0.2, -0.15) is 0 Å². The Hall–Kier alpha value is -2.07. The van der Waals surface area contributed by atoms with Gasteiger partial charge in [0, 0.05) is 29.5 Å². The van der Waals surface area contributed by atoms with E-state index < -0.39 is 0 Å². The Morgan fingerprint density at radius 2 is 2.16 bits per heavy atom. The van der Waals surface area contributed by atoms with E-state index >= 15 is 0 Å². The number of halogens is 1. The summed E-state index contributed by atoms with van der Waals surface area (Å²) in [5.74, 6) is 0.0746. The molecule has 2 heterocycles. The number of pyridine rings is 1. The maximum absolute atomic E-state index is 12.9. The molecule has 1 aromatic heterocycles. The van der Waals surface area contributed by atoms with E-state index in [4.69, 9.17) is 11.6 Å². The third kappa shape index (κ3) is 4.13. The van der Waals surface area contributed by atoms with Crippen LogP contribution in [-0.4, -0.2) is 28.4 Å². The highest BCUT2D eigenvalue weighted by Crippen LogP contribution is 2.26. The summed E-state index contributed by atoms with van der Waals surface area (Å²) in [5, 5.41) is 3.99. The molecule has 1 saturated heterocycles. The number of rotatable bonds is 4. The average Bonchev–Trinajstić information content (AvgIpc) is 2.64. The molecule has 1 unspecified atom stereocenters. The second-order valence-corrected chi connectivity index (χ2v) is 7.04. The maximum Gasteiger partial charge on any atom is 0.255 e. The largest absolute Gasteiger partial charge is 0.354 e. The predicted octanol–water partition coefficient (Wildman–Crippen LogP) is 5.19. The van der Waals surface area contributed by atoms with Crippen LogP contribution < -0.4 is 5.32 Å². The number of benzene rings is 1. The van der Waals surface area contributed by atoms with Gasteiger partial charge in [0.1, 0.15) is 0 Å². The van der Waals surface area contributed by atoms with Crippen LogP contribution >= 0.6 is 11.6 Å². The molecule has 132 valence electrons. The van der Waals surface area contributed by atoms with Crippen molar-refractivity contribution in [2.75, 3.05) is 11.9 Å². The van der Waals surface area contributed by atoms with Crippen LogP contribution in [0, 0.1) is 6.92 Å². The Labute approximate surface area is 154 Å². The number of anilines is 2. The lowest BCUT2D eigenvalue weighted by molar-refractivity contribution is 0.0607. The molecule has 25 heavy (non-hydrogen) atoms. The van der Waals surface area contributed by atoms with Crippen LogP contribution in [0.15, 0.2) is 36.7 Å². The summed E-state index contributed by atoms with van der Waals surface area (Å²) in [6.45, 7) is 5.00. The minimum Gasteiger partial charge on any atom is -0.354 e. The molecule has 0 bridgehead atoms. The minimum absolute atomic E-state index is 0.0746. The smallest absolute Gasteiger partial charge is 0.255 e. The fraction of sp³-hybridized carbons (Fsp3) is 0.400. The molecule has 1 aliphatic heterocycles. The number of hydrogen-bond acceptors (Lipinski definition) is 3. The van der Waals surface area contributed by atoms with E-state index in [1.807, 2.05) is 36.1 Å². The Balaban J connectivity index is 1.81. The predicted molar refractivity (Wildman–Crippen MR) is 103 cm³/mol. The maximum atomic E-state index is 12.9. The molecule has 1 atom stereocenters. The zero-order valence-corrected chi connectivity index (χ0v) is 15.5. The van der Waals surface area contributed by atoms with Crippen molar-refractivity contribution in [3.63, 3.8) is 0 Å². The Bertz CT molecular complexity index is 762. The van der Waals surface area contributed by atoms with E-state index in [1.165, 1.54) is 6.42 Å². The average molecular weight is 358 g/mol. The van der Waals surface area contributed by atoms with Gasteiger partial charge in [-0.3, -0.25) is 9.78 Å². The molecule has 0 saturated carbocycles. The van der Waals surface area contributed by atoms with Gasteiger partial charge in [0.2, 0.25) is 0 Å². The zero-order chi connectivity index (χ0) is 17.8. The fourth-order valence-corrected chi connectivity index (χ4v) is 3.54. The Morgan fingerprint density at radius 3 is 2.96 bits per heavy atom. The van der Waals surface area contributed by atoms with E-state index in [9.17, 15) is 4.79 Å². The summed E-state index contributed by atoms with van der Waals surface area (Å²) in [4.78, 5) is 19.2. The van der Waals surface area contributed by atoms with E-state index in [-0.39, 0.29) is 5.91 Å². The molecule has 1 aromatic carbocycles. The molecule has 2 aromatic rings. The molecule has 0 spiro atoms. The number of nitrogens with one attached hydrogen (secondary N) is 1. The lowest BCUT2D eigenvalue weighted by Gasteiger charge is -2.35. The van der Waals surface area contributed by atoms with Crippen molar-refractivity contribution in [3.8, 4) is 0 Å². The Kier molecular flexibility index (Phi) is 5.59. The van der Waals surface area contributed by atoms with Crippen LogP contribution in [0.25, 0.3) is 0 Å². The summed E-state index contributed by atoms with van der Waals surface area (Å²) >= 11 is 6.08. The highest BCUT2D eigenvalue weighted by molar-refractivity contribution is 6.30. The third-order valence-electron chi connectivity index (χ3n) is 4.82. The lowest BCUT2D eigenvalue weighted by atomic mass is 9.99. The number of carbonyl (C=O) groups excluding carboxylic acids is 1. The van der Waals surface area contributed by atoms with Crippen LogP contribution in [0.2, 0.25) is 5.02 Å². The van der Waals surface area contributed by atoms with Crippen molar-refractivity contribution in [2.45, 2.75) is 45.6 Å². The van der Waals surface area contributed by atoms with Crippen molar-refractivity contribution < 1.29 is 4.79 Å². The van der Waals surface area contributed by atoms with Crippen molar-refractivity contribution >= 4 is 28.9 Å². The second kappa shape index (κ2) is 7.87. The quantitative estimate of drug-likeness (QED) is 0.818. The summed E-state index contributed by atoms with van der Waals surface area (Å²) in [6, 6.07) is 7.92. The molecule has 5 heteroatoms. The van der Waals surface area contributed by atoms with Crippen molar-refractivity contribution in [2.24, 2.45) is 0 Å². The zero-order valence-electron chi connectivity index (χ0n) is 14.8. The van der Waals surface area contributed by atoms with E-state index in [0.29, 0.717) is 16.6 Å². The molecule has 3 rings (SSSR count). The van der Waals surface area contributed by atoms with Crippen molar-refractivity contribution in [1.82, 2.24) is 9.88 Å². The highest BCUT2D eigenvalue weighted by Gasteiger charge is 2.26. The number of hydrogen-bond donors (Lipinski definition) is 1. The molecule has 0 aliphatic carbocycles. The van der Waals surface area contributed by atoms with E-state index in [2.05, 4.69) is 17.2 Å². The number of likely N-dealkylation sites (tertiary alicyclic amines) is 1. The van der Waals surface area contributed by atoms with Crippen LogP contribution in [-0.2, 0) is 0 Å². The number of carbonyl (C=O) groups is 1. The molecular formula is C20H24ClN3O. The number of piperidine rings is 1. The van der Waals surface area contributed by atoms with Crippen LogP contribution in [0.1, 0.15) is 48.5 Å². The first-order chi connectivity index (χ1) is 12.1. The van der Waals surface area contributed by atoms with Gasteiger partial charge < -0.3 is 10.2 Å². The minimum atomic E-state index is 0.0746. The monoisotopic (exact) mass is 357 g/mol. The Morgan fingerprint density at radius 1 is 1.32 bits per heavy atom. The molecule has 0 radical (unpaired) electrons. The summed E-state index contributed by atoms with van der Waals surface area (Å²) in [6.07, 6.45) is 7.75. The van der Waals surface area contributed by atoms with Crippen molar-refractivity contribution in [1.29, 1.82) is 0 Å². The van der Waals surface area contributed by atoms with Gasteiger partial charge in [-0.25, -0.2) is 0 Å². The summed E-state index contributed by atoms with van der Waals surface area (Å²) in [5.41, 5.74) is 3.43. The number of amides is 1. The van der Waals surface area contributed by atoms with Gasteiger partial charge >= 0.3 is 0 Å². The van der Waals surface area contributed by atoms with Gasteiger partial charge in [-0.15, -0.1) is 0 Å². The van der Waals surface area contributed by atoms with Crippen LogP contribution in [0.4, 0.5) is 11.4 Å². The number of aromatic nitrogens is 1. The second-order valence-electron chi connectivity index (χ2n) is 6.60. The van der Waals surface area contributed by atoms with Gasteiger partial charge in [-0.1, -0.05) is 24.6 Å². The van der Waals surface area contributed by atoms with E-state index in [1.54, 1.807) is 12.4 Å². The number of nitrogens with zero attached hydrogens (tertiary/aromatic N) is 2. The molecule has 1 amide bonds. The summed E-state index contributed by atoms with van der Waals surface area (Å²) < 4.78 is 0. The first kappa shape index (κ1) is 17.7. The first-order valence-electron chi connectivity index (χ1n) is 8.87. The highest BCUT2D eigenvalue weighted by atomic mass is 35.5. The molecular weight excluding hydrogens is 334 g/mol. The van der Waals surface area contributed by atoms with Gasteiger partial charge in [-0.05, 0) is 56.4 Å². The standard InChI is InChI=1S/C20H24ClN3O/c1-3-18-6-4-5-9-24(18)20(25)15-10-17(13-22-12-15)23-19-11-16(21)8-7-14(19)2/h7-8,10-13,18,23H,3-6,9H2,1-2H3. The number of aryl methyl sites for hydroxylation is 1. The van der Waals surface area contributed by atoms with Gasteiger partial charge in [0.05, 0.1) is 17.4 Å². The van der Waals surface area contributed by atoms with E-state index in [0.717, 1.165) is 42.7 Å². The van der Waals surface area contributed by atoms with Gasteiger partial charge in [0.15, 0.2) is 0 Å². The molecule has 1 N–H and O–H groups in total. The molecule has 4 nitrogen and oxygen atoms in total. The SMILES string of the molecule is CCC1CCCCN1C(=O)c1cncc(Nc2cc(Cl)ccc2C)c1. The lowest BCUT2D eigenvalue weighted by Crippen LogP contribution is -2.43. The normalized spacial score (nSPS) is 17.4. The van der Waals surface area contributed by atoms with Gasteiger partial charge in [0.25, 0.3) is 5.91 Å². The first-order valence-corrected chi connectivity index (χ1v) is 9.25. The fourth-order valence-electron chi connectivity index (χ4n) is 3.37. The summed E-state index contributed by atoms with van der Waals surface area (Å²) in [7, 11) is 0.